The van der Waals surface area contributed by atoms with Gasteiger partial charge >= 0.3 is 0 Å². The maximum absolute atomic E-state index is 5.29. The molecule has 0 aliphatic carbocycles. The first kappa shape index (κ1) is 13.6. The lowest BCUT2D eigenvalue weighted by Gasteiger charge is -2.13. The zero-order valence-electron chi connectivity index (χ0n) is 10.3. The second-order valence-corrected chi connectivity index (χ2v) is 3.70. The minimum absolute atomic E-state index is 0.332. The van der Waals surface area contributed by atoms with Crippen molar-refractivity contribution in [2.45, 2.75) is 13.3 Å². The zero-order chi connectivity index (χ0) is 12.7. The lowest BCUT2D eigenvalue weighted by molar-refractivity contribution is 0.312. The largest absolute Gasteiger partial charge is 0.497 e. The molecule has 0 amide bonds. The van der Waals surface area contributed by atoms with Gasteiger partial charge in [-0.15, -0.1) is 0 Å². The van der Waals surface area contributed by atoms with E-state index in [1.165, 1.54) is 0 Å². The summed E-state index contributed by atoms with van der Waals surface area (Å²) >= 11 is 5.06. The van der Waals surface area contributed by atoms with Crippen LogP contribution in [0.3, 0.4) is 0 Å². The van der Waals surface area contributed by atoms with Crippen LogP contribution in [0.25, 0.3) is 0 Å². The topological polar surface area (TPSA) is 39.7 Å². The Morgan fingerprint density at radius 1 is 1.29 bits per heavy atom. The van der Waals surface area contributed by atoms with Crippen LogP contribution in [0.4, 0.5) is 5.69 Å². The molecule has 0 aliphatic rings. The van der Waals surface area contributed by atoms with Crippen molar-refractivity contribution in [1.29, 1.82) is 0 Å². The van der Waals surface area contributed by atoms with Gasteiger partial charge in [0.1, 0.15) is 11.5 Å². The molecule has 1 aromatic carbocycles. The maximum atomic E-state index is 5.29. The van der Waals surface area contributed by atoms with Gasteiger partial charge in [-0.25, -0.2) is 0 Å². The molecule has 0 saturated carbocycles. The van der Waals surface area contributed by atoms with Crippen molar-refractivity contribution < 1.29 is 14.2 Å². The first-order chi connectivity index (χ1) is 8.21. The molecule has 1 rings (SSSR count). The van der Waals surface area contributed by atoms with Crippen LogP contribution in [0, 0.1) is 0 Å². The Kier molecular flexibility index (Phi) is 5.56. The van der Waals surface area contributed by atoms with Crippen molar-refractivity contribution in [3.8, 4) is 11.5 Å². The van der Waals surface area contributed by atoms with Crippen LogP contribution in [-0.4, -0.2) is 26.0 Å². The number of rotatable bonds is 5. The Morgan fingerprint density at radius 3 is 2.65 bits per heavy atom. The van der Waals surface area contributed by atoms with E-state index in [0.717, 1.165) is 17.9 Å². The highest BCUT2D eigenvalue weighted by molar-refractivity contribution is 7.80. The molecule has 1 N–H and O–H groups in total. The summed E-state index contributed by atoms with van der Waals surface area (Å²) in [6.07, 6.45) is 0.914. The first-order valence-corrected chi connectivity index (χ1v) is 5.78. The minimum Gasteiger partial charge on any atom is -0.497 e. The van der Waals surface area contributed by atoms with Gasteiger partial charge in [0.2, 0.25) is 0 Å². The molecule has 0 aliphatic heterocycles. The van der Waals surface area contributed by atoms with Gasteiger partial charge in [0.15, 0.2) is 0 Å². The summed E-state index contributed by atoms with van der Waals surface area (Å²) in [6, 6.07) is 5.43. The molecule has 4 nitrogen and oxygen atoms in total. The lowest BCUT2D eigenvalue weighted by Crippen LogP contribution is -2.14. The van der Waals surface area contributed by atoms with Crippen molar-refractivity contribution in [2.24, 2.45) is 0 Å². The summed E-state index contributed by atoms with van der Waals surface area (Å²) in [4.78, 5) is 0. The lowest BCUT2D eigenvalue weighted by atomic mass is 10.2. The average molecular weight is 255 g/mol. The molecule has 0 unspecified atom stereocenters. The Morgan fingerprint density at radius 2 is 2.06 bits per heavy atom. The zero-order valence-corrected chi connectivity index (χ0v) is 11.1. The summed E-state index contributed by atoms with van der Waals surface area (Å²) in [6.45, 7) is 2.62. The third-order valence-electron chi connectivity index (χ3n) is 2.08. The van der Waals surface area contributed by atoms with Crippen LogP contribution in [0.15, 0.2) is 18.2 Å². The van der Waals surface area contributed by atoms with E-state index in [-0.39, 0.29) is 0 Å². The molecule has 0 bridgehead atoms. The molecule has 0 spiro atoms. The van der Waals surface area contributed by atoms with Crippen molar-refractivity contribution in [2.75, 3.05) is 26.1 Å². The predicted octanol–water partition coefficient (Wildman–Crippen LogP) is 2.83. The number of anilines is 1. The number of ether oxygens (including phenoxy) is 3. The van der Waals surface area contributed by atoms with Gasteiger partial charge in [-0.3, -0.25) is 0 Å². The second kappa shape index (κ2) is 6.96. The molecule has 5 heteroatoms. The molecule has 0 fully saturated rings. The standard InChI is InChI=1S/C12H17NO3S/c1-4-7-16-12(17)13-10-8-9(14-2)5-6-11(10)15-3/h5-6,8H,4,7H2,1-3H3,(H,13,17). The molecule has 0 radical (unpaired) electrons. The molecule has 94 valence electrons. The number of methoxy groups -OCH3 is 2. The molecule has 0 atom stereocenters. The van der Waals surface area contributed by atoms with Crippen LogP contribution in [0.2, 0.25) is 0 Å². The Balaban J connectivity index is 2.76. The second-order valence-electron chi connectivity index (χ2n) is 3.33. The smallest absolute Gasteiger partial charge is 0.261 e. The SMILES string of the molecule is CCCOC(=S)Nc1cc(OC)ccc1OC. The first-order valence-electron chi connectivity index (χ1n) is 5.37. The third-order valence-corrected chi connectivity index (χ3v) is 2.30. The molecular formula is C12H17NO3S. The fraction of sp³-hybridized carbons (Fsp3) is 0.417. The fourth-order valence-electron chi connectivity index (χ4n) is 1.25. The normalized spacial score (nSPS) is 9.59. The molecular weight excluding hydrogens is 238 g/mol. The number of hydrogen-bond acceptors (Lipinski definition) is 4. The monoisotopic (exact) mass is 255 g/mol. The maximum Gasteiger partial charge on any atom is 0.261 e. The quantitative estimate of drug-likeness (QED) is 0.819. The van der Waals surface area contributed by atoms with E-state index < -0.39 is 0 Å². The summed E-state index contributed by atoms with van der Waals surface area (Å²) in [5.41, 5.74) is 0.730. The van der Waals surface area contributed by atoms with Crippen LogP contribution in [0.1, 0.15) is 13.3 Å². The highest BCUT2D eigenvalue weighted by Gasteiger charge is 2.07. The van der Waals surface area contributed by atoms with Gasteiger partial charge < -0.3 is 19.5 Å². The van der Waals surface area contributed by atoms with E-state index in [2.05, 4.69) is 5.32 Å². The Bertz CT molecular complexity index is 382. The van der Waals surface area contributed by atoms with Crippen molar-refractivity contribution in [1.82, 2.24) is 0 Å². The number of benzene rings is 1. The van der Waals surface area contributed by atoms with Crippen molar-refractivity contribution >= 4 is 23.1 Å². The highest BCUT2D eigenvalue weighted by Crippen LogP contribution is 2.28. The van der Waals surface area contributed by atoms with E-state index in [1.54, 1.807) is 20.3 Å². The van der Waals surface area contributed by atoms with Crippen LogP contribution < -0.4 is 14.8 Å². The molecule has 17 heavy (non-hydrogen) atoms. The number of hydrogen-bond donors (Lipinski definition) is 1. The van der Waals surface area contributed by atoms with E-state index in [4.69, 9.17) is 26.4 Å². The van der Waals surface area contributed by atoms with E-state index in [0.29, 0.717) is 17.5 Å². The summed E-state index contributed by atoms with van der Waals surface area (Å²) in [5.74, 6) is 1.42. The molecule has 0 heterocycles. The summed E-state index contributed by atoms with van der Waals surface area (Å²) < 4.78 is 15.6. The number of thiocarbonyl (C=S) groups is 1. The van der Waals surface area contributed by atoms with Crippen molar-refractivity contribution in [3.63, 3.8) is 0 Å². The van der Waals surface area contributed by atoms with Crippen LogP contribution in [0.5, 0.6) is 11.5 Å². The van der Waals surface area contributed by atoms with E-state index >= 15 is 0 Å². The predicted molar refractivity (Wildman–Crippen MR) is 72.0 cm³/mol. The summed E-state index contributed by atoms with van der Waals surface area (Å²) in [7, 11) is 3.21. The van der Waals surface area contributed by atoms with Gasteiger partial charge in [-0.05, 0) is 30.8 Å². The van der Waals surface area contributed by atoms with Crippen LogP contribution >= 0.6 is 12.2 Å². The van der Waals surface area contributed by atoms with Crippen LogP contribution in [-0.2, 0) is 4.74 Å². The number of nitrogens with one attached hydrogen (secondary N) is 1. The third kappa shape index (κ3) is 4.11. The molecule has 0 aromatic heterocycles. The van der Waals surface area contributed by atoms with E-state index in [1.807, 2.05) is 19.1 Å². The van der Waals surface area contributed by atoms with Gasteiger partial charge in [-0.2, -0.15) is 0 Å². The Hall–Kier alpha value is -1.49. The highest BCUT2D eigenvalue weighted by atomic mass is 32.1. The molecule has 0 saturated heterocycles. The fourth-order valence-corrected chi connectivity index (χ4v) is 1.45. The molecule has 1 aromatic rings. The van der Waals surface area contributed by atoms with Crippen molar-refractivity contribution in [3.05, 3.63) is 18.2 Å². The van der Waals surface area contributed by atoms with Gasteiger partial charge in [0, 0.05) is 6.07 Å². The summed E-state index contributed by atoms with van der Waals surface area (Å²) in [5, 5.41) is 3.31. The van der Waals surface area contributed by atoms with Gasteiger partial charge in [-0.1, -0.05) is 6.92 Å². The van der Waals surface area contributed by atoms with E-state index in [9.17, 15) is 0 Å². The Labute approximate surface area is 107 Å². The minimum atomic E-state index is 0.332. The van der Waals surface area contributed by atoms with Gasteiger partial charge in [0.05, 0.1) is 26.5 Å². The average Bonchev–Trinajstić information content (AvgIpc) is 2.36. The van der Waals surface area contributed by atoms with Gasteiger partial charge in [0.25, 0.3) is 5.17 Å².